The summed E-state index contributed by atoms with van der Waals surface area (Å²) in [6, 6.07) is 2.54. The Morgan fingerprint density at radius 3 is 2.82 bits per heavy atom. The Morgan fingerprint density at radius 2 is 2.35 bits per heavy atom. The Bertz CT molecular complexity index is 375. The van der Waals surface area contributed by atoms with Crippen LogP contribution in [0.25, 0.3) is 0 Å². The van der Waals surface area contributed by atoms with E-state index >= 15 is 0 Å². The molecule has 3 atom stereocenters. The normalized spacial score (nSPS) is 26.4. The van der Waals surface area contributed by atoms with Crippen molar-refractivity contribution in [2.45, 2.75) is 51.4 Å². The van der Waals surface area contributed by atoms with Crippen LogP contribution in [0.2, 0.25) is 0 Å². The van der Waals surface area contributed by atoms with Crippen molar-refractivity contribution in [1.29, 1.82) is 0 Å². The number of ether oxygens (including phenoxy) is 1. The van der Waals surface area contributed by atoms with Crippen molar-refractivity contribution in [2.75, 3.05) is 7.05 Å². The van der Waals surface area contributed by atoms with Crippen LogP contribution in [0.1, 0.15) is 31.2 Å². The summed E-state index contributed by atoms with van der Waals surface area (Å²) in [5.74, 6) is 0. The molecule has 1 aliphatic heterocycles. The minimum absolute atomic E-state index is 0.338. The Balaban J connectivity index is 2.02. The number of rotatable bonds is 4. The molecule has 0 radical (unpaired) electrons. The van der Waals surface area contributed by atoms with E-state index in [-0.39, 0.29) is 0 Å². The fourth-order valence-electron chi connectivity index (χ4n) is 2.63. The predicted molar refractivity (Wildman–Crippen MR) is 68.1 cm³/mol. The van der Waals surface area contributed by atoms with Gasteiger partial charge in [0.05, 0.1) is 17.9 Å². The number of nitrogens with one attached hydrogen (secondary N) is 1. The third kappa shape index (κ3) is 2.87. The van der Waals surface area contributed by atoms with Gasteiger partial charge in [-0.3, -0.25) is 4.68 Å². The first-order chi connectivity index (χ1) is 8.10. The lowest BCUT2D eigenvalue weighted by Crippen LogP contribution is -2.39. The number of likely N-dealkylation sites (N-methyl/N-ethyl adjacent to an activating group) is 1. The lowest BCUT2D eigenvalue weighted by atomic mass is 10.0. The average Bonchev–Trinajstić information content (AvgIpc) is 2.82. The molecule has 0 saturated carbocycles. The van der Waals surface area contributed by atoms with Gasteiger partial charge in [0.2, 0.25) is 0 Å². The molecule has 0 spiro atoms. The first-order valence-electron chi connectivity index (χ1n) is 6.42. The second-order valence-corrected chi connectivity index (χ2v) is 5.06. The van der Waals surface area contributed by atoms with Gasteiger partial charge in [-0.15, -0.1) is 0 Å². The lowest BCUT2D eigenvalue weighted by molar-refractivity contribution is 0.0334. The van der Waals surface area contributed by atoms with Crippen molar-refractivity contribution < 1.29 is 4.74 Å². The van der Waals surface area contributed by atoms with Gasteiger partial charge in [0, 0.05) is 25.2 Å². The van der Waals surface area contributed by atoms with Crippen LogP contribution in [0.4, 0.5) is 0 Å². The fraction of sp³-hybridized carbons (Fsp3) is 0.769. The minimum atomic E-state index is 0.338. The van der Waals surface area contributed by atoms with E-state index in [1.54, 1.807) is 0 Å². The van der Waals surface area contributed by atoms with Gasteiger partial charge in [-0.2, -0.15) is 5.10 Å². The molecule has 3 unspecified atom stereocenters. The molecule has 0 aliphatic carbocycles. The zero-order chi connectivity index (χ0) is 12.4. The number of aryl methyl sites for hydroxylation is 2. The molecule has 4 nitrogen and oxygen atoms in total. The van der Waals surface area contributed by atoms with E-state index in [1.807, 2.05) is 25.7 Å². The molecule has 4 heteroatoms. The van der Waals surface area contributed by atoms with E-state index in [0.717, 1.165) is 18.5 Å². The Labute approximate surface area is 103 Å². The van der Waals surface area contributed by atoms with Gasteiger partial charge in [-0.1, -0.05) is 0 Å². The number of hydrogen-bond donors (Lipinski definition) is 1. The van der Waals surface area contributed by atoms with Crippen LogP contribution in [0.5, 0.6) is 0 Å². The molecule has 2 rings (SSSR count). The summed E-state index contributed by atoms with van der Waals surface area (Å²) < 4.78 is 7.91. The van der Waals surface area contributed by atoms with Crippen molar-refractivity contribution in [3.05, 3.63) is 17.5 Å². The van der Waals surface area contributed by atoms with Crippen molar-refractivity contribution in [1.82, 2.24) is 15.1 Å². The Kier molecular flexibility index (Phi) is 3.84. The molecule has 0 amide bonds. The quantitative estimate of drug-likeness (QED) is 0.861. The Hall–Kier alpha value is -0.870. The molecule has 0 aromatic carbocycles. The zero-order valence-electron chi connectivity index (χ0n) is 11.2. The standard InChI is InChI=1S/C13H23N3O/c1-9-7-11(16(4)15-9)8-12(14-3)13-6-5-10(2)17-13/h7,10,12-14H,5-6,8H2,1-4H3. The van der Waals surface area contributed by atoms with Crippen LogP contribution in [0.3, 0.4) is 0 Å². The molecular formula is C13H23N3O. The van der Waals surface area contributed by atoms with E-state index < -0.39 is 0 Å². The summed E-state index contributed by atoms with van der Waals surface area (Å²) in [5.41, 5.74) is 2.35. The third-order valence-corrected chi connectivity index (χ3v) is 3.61. The second kappa shape index (κ2) is 5.19. The van der Waals surface area contributed by atoms with Gasteiger partial charge in [0.15, 0.2) is 0 Å². The lowest BCUT2D eigenvalue weighted by Gasteiger charge is -2.23. The first-order valence-corrected chi connectivity index (χ1v) is 6.42. The molecule has 1 N–H and O–H groups in total. The summed E-state index contributed by atoms with van der Waals surface area (Å²) >= 11 is 0. The van der Waals surface area contributed by atoms with Crippen LogP contribution in [0.15, 0.2) is 6.07 Å². The summed E-state index contributed by atoms with van der Waals surface area (Å²) in [5, 5.41) is 7.77. The molecule has 17 heavy (non-hydrogen) atoms. The van der Waals surface area contributed by atoms with Gasteiger partial charge >= 0.3 is 0 Å². The highest BCUT2D eigenvalue weighted by Crippen LogP contribution is 2.23. The van der Waals surface area contributed by atoms with Gasteiger partial charge in [-0.05, 0) is 39.8 Å². The third-order valence-electron chi connectivity index (χ3n) is 3.61. The largest absolute Gasteiger partial charge is 0.374 e. The molecule has 0 bridgehead atoms. The van der Waals surface area contributed by atoms with E-state index in [4.69, 9.17) is 4.74 Å². The molecule has 1 aromatic heterocycles. The van der Waals surface area contributed by atoms with E-state index in [1.165, 1.54) is 12.1 Å². The van der Waals surface area contributed by atoms with Crippen molar-refractivity contribution >= 4 is 0 Å². The number of hydrogen-bond acceptors (Lipinski definition) is 3. The monoisotopic (exact) mass is 237 g/mol. The fourth-order valence-corrected chi connectivity index (χ4v) is 2.63. The highest BCUT2D eigenvalue weighted by Gasteiger charge is 2.29. The molecule has 1 aromatic rings. The van der Waals surface area contributed by atoms with Crippen LogP contribution >= 0.6 is 0 Å². The number of nitrogens with zero attached hydrogens (tertiary/aromatic N) is 2. The van der Waals surface area contributed by atoms with Crippen molar-refractivity contribution in [3.8, 4) is 0 Å². The van der Waals surface area contributed by atoms with E-state index in [9.17, 15) is 0 Å². The summed E-state index contributed by atoms with van der Waals surface area (Å²) in [7, 11) is 4.02. The number of aromatic nitrogens is 2. The van der Waals surface area contributed by atoms with E-state index in [2.05, 4.69) is 23.4 Å². The second-order valence-electron chi connectivity index (χ2n) is 5.06. The molecule has 1 fully saturated rings. The average molecular weight is 237 g/mol. The van der Waals surface area contributed by atoms with Crippen LogP contribution < -0.4 is 5.32 Å². The van der Waals surface area contributed by atoms with Crippen LogP contribution in [-0.4, -0.2) is 35.1 Å². The summed E-state index contributed by atoms with van der Waals surface area (Å²) in [6.07, 6.45) is 4.05. The predicted octanol–water partition coefficient (Wildman–Crippen LogP) is 1.43. The maximum atomic E-state index is 5.94. The summed E-state index contributed by atoms with van der Waals surface area (Å²) in [4.78, 5) is 0. The van der Waals surface area contributed by atoms with Gasteiger partial charge in [0.25, 0.3) is 0 Å². The molecule has 1 saturated heterocycles. The van der Waals surface area contributed by atoms with Crippen molar-refractivity contribution in [3.63, 3.8) is 0 Å². The maximum Gasteiger partial charge on any atom is 0.0736 e. The Morgan fingerprint density at radius 1 is 1.59 bits per heavy atom. The van der Waals surface area contributed by atoms with Gasteiger partial charge in [0.1, 0.15) is 0 Å². The highest BCUT2D eigenvalue weighted by atomic mass is 16.5. The molecule has 2 heterocycles. The smallest absolute Gasteiger partial charge is 0.0736 e. The summed E-state index contributed by atoms with van der Waals surface area (Å²) in [6.45, 7) is 4.19. The van der Waals surface area contributed by atoms with Crippen molar-refractivity contribution in [2.24, 2.45) is 7.05 Å². The zero-order valence-corrected chi connectivity index (χ0v) is 11.2. The highest BCUT2D eigenvalue weighted by molar-refractivity contribution is 5.10. The van der Waals surface area contributed by atoms with Gasteiger partial charge in [-0.25, -0.2) is 0 Å². The van der Waals surface area contributed by atoms with Crippen LogP contribution in [-0.2, 0) is 18.2 Å². The molecule has 1 aliphatic rings. The van der Waals surface area contributed by atoms with Crippen LogP contribution in [0, 0.1) is 6.92 Å². The van der Waals surface area contributed by atoms with E-state index in [0.29, 0.717) is 18.2 Å². The minimum Gasteiger partial charge on any atom is -0.374 e. The topological polar surface area (TPSA) is 39.1 Å². The first kappa shape index (κ1) is 12.6. The SMILES string of the molecule is CNC(Cc1cc(C)nn1C)C1CCC(C)O1. The molecule has 96 valence electrons. The molecular weight excluding hydrogens is 214 g/mol. The van der Waals surface area contributed by atoms with Gasteiger partial charge < -0.3 is 10.1 Å². The maximum absolute atomic E-state index is 5.94.